The molecular weight excluding hydrogens is 627 g/mol. The van der Waals surface area contributed by atoms with Gasteiger partial charge < -0.3 is 4.42 Å². The molecule has 0 radical (unpaired) electrons. The van der Waals surface area contributed by atoms with Gasteiger partial charge in [0.2, 0.25) is 0 Å². The normalized spacial score (nSPS) is 11.6. The molecule has 0 saturated heterocycles. The molecule has 236 valence electrons. The lowest BCUT2D eigenvalue weighted by Gasteiger charge is -2.35. The second-order valence-corrected chi connectivity index (χ2v) is 16.1. The van der Waals surface area contributed by atoms with Crippen LogP contribution in [0.1, 0.15) is 0 Å². The standard InChI is InChI=1S/C45H31N3OSi/c1-5-18-32(19-6-1)43-46-44(48-45(47-43)38-28-17-30-40-42(38)36-26-13-15-29-39(36)49-40)37-27-14-16-31-41(37)50(33-20-7-2-8-21-33,34-22-9-3-10-23-34)35-24-11-4-12-25-35/h1-31H. The Kier molecular flexibility index (Phi) is 7.45. The number of rotatable bonds is 7. The molecule has 0 aliphatic rings. The number of para-hydroxylation sites is 1. The number of hydrogen-bond acceptors (Lipinski definition) is 4. The Labute approximate surface area is 291 Å². The van der Waals surface area contributed by atoms with Crippen LogP contribution < -0.4 is 20.7 Å². The topological polar surface area (TPSA) is 51.8 Å². The maximum atomic E-state index is 6.29. The first-order valence-electron chi connectivity index (χ1n) is 16.8. The predicted octanol–water partition coefficient (Wildman–Crippen LogP) is 8.15. The van der Waals surface area contributed by atoms with Crippen molar-refractivity contribution in [2.24, 2.45) is 0 Å². The van der Waals surface area contributed by atoms with E-state index in [4.69, 9.17) is 19.4 Å². The number of aromatic nitrogens is 3. The summed E-state index contributed by atoms with van der Waals surface area (Å²) < 4.78 is 6.29. The Hall–Kier alpha value is -6.43. The molecule has 0 saturated carbocycles. The van der Waals surface area contributed by atoms with E-state index in [-0.39, 0.29) is 0 Å². The summed E-state index contributed by atoms with van der Waals surface area (Å²) >= 11 is 0. The van der Waals surface area contributed by atoms with Crippen molar-refractivity contribution in [3.63, 3.8) is 0 Å². The summed E-state index contributed by atoms with van der Waals surface area (Å²) in [4.78, 5) is 15.8. The average molecular weight is 658 g/mol. The third-order valence-corrected chi connectivity index (χ3v) is 14.3. The molecule has 0 aliphatic carbocycles. The van der Waals surface area contributed by atoms with Crippen molar-refractivity contribution in [1.29, 1.82) is 0 Å². The van der Waals surface area contributed by atoms with Crippen LogP contribution in [-0.2, 0) is 0 Å². The fourth-order valence-electron chi connectivity index (χ4n) is 7.33. The van der Waals surface area contributed by atoms with Crippen LogP contribution in [-0.4, -0.2) is 23.0 Å². The summed E-state index contributed by atoms with van der Waals surface area (Å²) in [5.74, 6) is 1.86. The van der Waals surface area contributed by atoms with Gasteiger partial charge >= 0.3 is 0 Å². The molecule has 7 aromatic carbocycles. The first kappa shape index (κ1) is 29.7. The number of hydrogen-bond donors (Lipinski definition) is 0. The first-order chi connectivity index (χ1) is 24.8. The molecule has 0 fully saturated rings. The van der Waals surface area contributed by atoms with Gasteiger partial charge in [0.25, 0.3) is 0 Å². The van der Waals surface area contributed by atoms with Gasteiger partial charge in [0.1, 0.15) is 11.2 Å². The van der Waals surface area contributed by atoms with Crippen molar-refractivity contribution >= 4 is 50.8 Å². The Bertz CT molecular complexity index is 2490. The fourth-order valence-corrected chi connectivity index (χ4v) is 12.3. The van der Waals surface area contributed by atoms with Gasteiger partial charge in [-0.05, 0) is 32.9 Å². The maximum Gasteiger partial charge on any atom is 0.180 e. The molecule has 0 unspecified atom stereocenters. The maximum absolute atomic E-state index is 6.29. The van der Waals surface area contributed by atoms with E-state index in [0.29, 0.717) is 17.5 Å². The molecule has 0 aliphatic heterocycles. The van der Waals surface area contributed by atoms with Crippen LogP contribution in [0.2, 0.25) is 0 Å². The third-order valence-electron chi connectivity index (χ3n) is 9.50. The van der Waals surface area contributed by atoms with E-state index in [1.54, 1.807) is 0 Å². The minimum atomic E-state index is -2.91. The van der Waals surface area contributed by atoms with Crippen LogP contribution >= 0.6 is 0 Å². The minimum absolute atomic E-state index is 0.604. The van der Waals surface area contributed by atoms with Gasteiger partial charge in [-0.3, -0.25) is 0 Å². The van der Waals surface area contributed by atoms with Crippen LogP contribution in [0.5, 0.6) is 0 Å². The molecule has 9 rings (SSSR count). The summed E-state index contributed by atoms with van der Waals surface area (Å²) in [6.45, 7) is 0. The van der Waals surface area contributed by atoms with Gasteiger partial charge in [0.05, 0.1) is 0 Å². The lowest BCUT2D eigenvalue weighted by Crippen LogP contribution is -2.75. The molecular formula is C45H31N3OSi. The predicted molar refractivity (Wildman–Crippen MR) is 207 cm³/mol. The van der Waals surface area contributed by atoms with Crippen LogP contribution in [0, 0.1) is 0 Å². The zero-order valence-corrected chi connectivity index (χ0v) is 28.1. The third kappa shape index (κ3) is 4.95. The monoisotopic (exact) mass is 657 g/mol. The second-order valence-electron chi connectivity index (χ2n) is 12.3. The van der Waals surface area contributed by atoms with E-state index in [1.165, 1.54) is 20.7 Å². The number of furan rings is 1. The van der Waals surface area contributed by atoms with Crippen molar-refractivity contribution in [3.8, 4) is 34.2 Å². The Balaban J connectivity index is 1.37. The molecule has 9 aromatic rings. The van der Waals surface area contributed by atoms with E-state index in [1.807, 2.05) is 48.5 Å². The SMILES string of the molecule is c1ccc(-c2nc(-c3ccccc3[Si](c3ccccc3)(c3ccccc3)c3ccccc3)nc(-c3cccc4oc5ccccc5c34)n2)cc1. The molecule has 0 N–H and O–H groups in total. The highest BCUT2D eigenvalue weighted by atomic mass is 28.3. The van der Waals surface area contributed by atoms with Gasteiger partial charge in [-0.2, -0.15) is 0 Å². The first-order valence-corrected chi connectivity index (χ1v) is 18.8. The molecule has 50 heavy (non-hydrogen) atoms. The Morgan fingerprint density at radius 2 is 0.820 bits per heavy atom. The molecule has 0 atom stereocenters. The highest BCUT2D eigenvalue weighted by Crippen LogP contribution is 2.36. The van der Waals surface area contributed by atoms with E-state index in [0.717, 1.165) is 38.6 Å². The van der Waals surface area contributed by atoms with Crippen LogP contribution in [0.3, 0.4) is 0 Å². The lowest BCUT2D eigenvalue weighted by molar-refractivity contribution is 0.669. The molecule has 0 amide bonds. The summed E-state index contributed by atoms with van der Waals surface area (Å²) in [5.41, 5.74) is 4.46. The number of nitrogens with zero attached hydrogens (tertiary/aromatic N) is 3. The van der Waals surface area contributed by atoms with E-state index in [9.17, 15) is 0 Å². The zero-order valence-electron chi connectivity index (χ0n) is 27.1. The quantitative estimate of drug-likeness (QED) is 0.128. The van der Waals surface area contributed by atoms with E-state index < -0.39 is 8.07 Å². The highest BCUT2D eigenvalue weighted by molar-refractivity contribution is 7.20. The van der Waals surface area contributed by atoms with Gasteiger partial charge in [0.15, 0.2) is 25.5 Å². The van der Waals surface area contributed by atoms with Crippen molar-refractivity contribution in [3.05, 3.63) is 188 Å². The lowest BCUT2D eigenvalue weighted by atomic mass is 10.1. The van der Waals surface area contributed by atoms with Crippen LogP contribution in [0.25, 0.3) is 56.1 Å². The van der Waals surface area contributed by atoms with Crippen LogP contribution in [0.15, 0.2) is 192 Å². The molecule has 4 nitrogen and oxygen atoms in total. The minimum Gasteiger partial charge on any atom is -0.456 e. The van der Waals surface area contributed by atoms with Crippen molar-refractivity contribution in [2.75, 3.05) is 0 Å². The summed E-state index contributed by atoms with van der Waals surface area (Å²) in [6.07, 6.45) is 0. The molecule has 0 spiro atoms. The second kappa shape index (κ2) is 12.5. The van der Waals surface area contributed by atoms with Crippen molar-refractivity contribution < 1.29 is 4.42 Å². The highest BCUT2D eigenvalue weighted by Gasteiger charge is 2.43. The van der Waals surface area contributed by atoms with Crippen molar-refractivity contribution in [2.45, 2.75) is 0 Å². The summed E-state index contributed by atoms with van der Waals surface area (Å²) in [6, 6.07) is 66.0. The molecule has 2 heterocycles. The van der Waals surface area contributed by atoms with Gasteiger partial charge in [0, 0.05) is 27.5 Å². The Morgan fingerprint density at radius 3 is 1.46 bits per heavy atom. The summed E-state index contributed by atoms with van der Waals surface area (Å²) in [5, 5.41) is 7.11. The summed E-state index contributed by atoms with van der Waals surface area (Å²) in [7, 11) is -2.91. The smallest absolute Gasteiger partial charge is 0.180 e. The van der Waals surface area contributed by atoms with Crippen LogP contribution in [0.4, 0.5) is 0 Å². The molecule has 0 bridgehead atoms. The van der Waals surface area contributed by atoms with Gasteiger partial charge in [-0.1, -0.05) is 176 Å². The fraction of sp³-hybridized carbons (Fsp3) is 0. The van der Waals surface area contributed by atoms with E-state index >= 15 is 0 Å². The van der Waals surface area contributed by atoms with E-state index in [2.05, 4.69) is 140 Å². The molecule has 5 heteroatoms. The van der Waals surface area contributed by atoms with Crippen molar-refractivity contribution in [1.82, 2.24) is 15.0 Å². The molecule has 2 aromatic heterocycles. The van der Waals surface area contributed by atoms with Gasteiger partial charge in [-0.25, -0.2) is 15.0 Å². The largest absolute Gasteiger partial charge is 0.456 e. The number of fused-ring (bicyclic) bond motifs is 3. The zero-order chi connectivity index (χ0) is 33.3. The Morgan fingerprint density at radius 1 is 0.360 bits per heavy atom. The average Bonchev–Trinajstić information content (AvgIpc) is 3.59. The van der Waals surface area contributed by atoms with Gasteiger partial charge in [-0.15, -0.1) is 0 Å². The number of benzene rings is 7.